The van der Waals surface area contributed by atoms with E-state index >= 15 is 0 Å². The average Bonchev–Trinajstić information content (AvgIpc) is 3.61. The topological polar surface area (TPSA) is 44.8 Å². The highest BCUT2D eigenvalue weighted by Crippen LogP contribution is 2.50. The van der Waals surface area contributed by atoms with E-state index in [0.29, 0.717) is 11.8 Å². The maximum absolute atomic E-state index is 12.8. The molecule has 5 nitrogen and oxygen atoms in total. The van der Waals surface area contributed by atoms with Gasteiger partial charge in [0, 0.05) is 54.6 Å². The molecule has 0 bridgehead atoms. The number of fused-ring (bicyclic) bond motifs is 1. The van der Waals surface area contributed by atoms with Crippen LogP contribution in [0.3, 0.4) is 0 Å². The summed E-state index contributed by atoms with van der Waals surface area (Å²) in [7, 11) is 0. The molecule has 1 saturated heterocycles. The van der Waals surface area contributed by atoms with E-state index in [1.807, 2.05) is 6.07 Å². The van der Waals surface area contributed by atoms with Crippen molar-refractivity contribution < 1.29 is 9.53 Å². The number of hydrogen-bond acceptors (Lipinski definition) is 4. The zero-order valence-corrected chi connectivity index (χ0v) is 17.9. The summed E-state index contributed by atoms with van der Waals surface area (Å²) in [5.41, 5.74) is 4.64. The van der Waals surface area contributed by atoms with E-state index in [1.165, 1.54) is 24.1 Å². The SMILES string of the molecule is CC(=O)N1c2ccc(N3CCOCC3)cc2C(Nc2ccccc2)[C@@H](C)C1C1CC1. The molecule has 5 rings (SSSR count). The Morgan fingerprint density at radius 1 is 1.07 bits per heavy atom. The van der Waals surface area contributed by atoms with E-state index in [-0.39, 0.29) is 18.0 Å². The van der Waals surface area contributed by atoms with Gasteiger partial charge in [0.15, 0.2) is 0 Å². The van der Waals surface area contributed by atoms with E-state index < -0.39 is 0 Å². The van der Waals surface area contributed by atoms with E-state index in [0.717, 1.165) is 37.7 Å². The zero-order chi connectivity index (χ0) is 20.7. The lowest BCUT2D eigenvalue weighted by atomic mass is 9.79. The van der Waals surface area contributed by atoms with Gasteiger partial charge in [0.05, 0.1) is 19.3 Å². The van der Waals surface area contributed by atoms with Crippen LogP contribution in [-0.4, -0.2) is 38.3 Å². The molecule has 2 aliphatic heterocycles. The number of nitrogens with one attached hydrogen (secondary N) is 1. The Labute approximate surface area is 179 Å². The predicted molar refractivity (Wildman–Crippen MR) is 121 cm³/mol. The minimum Gasteiger partial charge on any atom is -0.378 e. The molecule has 1 aliphatic carbocycles. The van der Waals surface area contributed by atoms with Crippen LogP contribution in [0, 0.1) is 11.8 Å². The lowest BCUT2D eigenvalue weighted by molar-refractivity contribution is -0.117. The van der Waals surface area contributed by atoms with Crippen LogP contribution in [0.4, 0.5) is 17.1 Å². The second-order valence-electron chi connectivity index (χ2n) is 8.91. The van der Waals surface area contributed by atoms with E-state index in [9.17, 15) is 4.79 Å². The minimum atomic E-state index is 0.150. The fourth-order valence-corrected chi connectivity index (χ4v) is 5.29. The van der Waals surface area contributed by atoms with Gasteiger partial charge >= 0.3 is 0 Å². The maximum atomic E-state index is 12.8. The van der Waals surface area contributed by atoms with Crippen molar-refractivity contribution in [3.05, 3.63) is 54.1 Å². The van der Waals surface area contributed by atoms with Crippen molar-refractivity contribution in [2.45, 2.75) is 38.8 Å². The fraction of sp³-hybridized carbons (Fsp3) is 0.480. The van der Waals surface area contributed by atoms with Crippen molar-refractivity contribution in [3.63, 3.8) is 0 Å². The Kier molecular flexibility index (Phi) is 5.15. The van der Waals surface area contributed by atoms with Gasteiger partial charge in [0.2, 0.25) is 5.91 Å². The highest BCUT2D eigenvalue weighted by molar-refractivity contribution is 5.94. The number of nitrogens with zero attached hydrogens (tertiary/aromatic N) is 2. The molecule has 5 heteroatoms. The molecule has 0 spiro atoms. The van der Waals surface area contributed by atoms with E-state index in [4.69, 9.17) is 4.74 Å². The third-order valence-electron chi connectivity index (χ3n) is 6.88. The molecule has 2 fully saturated rings. The Hall–Kier alpha value is -2.53. The molecule has 30 heavy (non-hydrogen) atoms. The highest BCUT2D eigenvalue weighted by atomic mass is 16.5. The summed E-state index contributed by atoms with van der Waals surface area (Å²) in [4.78, 5) is 17.3. The van der Waals surface area contributed by atoms with E-state index in [2.05, 4.69) is 64.5 Å². The Morgan fingerprint density at radius 3 is 2.47 bits per heavy atom. The van der Waals surface area contributed by atoms with Crippen LogP contribution in [0.15, 0.2) is 48.5 Å². The van der Waals surface area contributed by atoms with Crippen LogP contribution in [0.1, 0.15) is 38.3 Å². The number of carbonyl (C=O) groups excluding carboxylic acids is 1. The number of amides is 1. The third kappa shape index (κ3) is 3.56. The van der Waals surface area contributed by atoms with Gasteiger partial charge in [0.25, 0.3) is 0 Å². The Bertz CT molecular complexity index is 906. The van der Waals surface area contributed by atoms with Gasteiger partial charge in [-0.3, -0.25) is 4.79 Å². The Morgan fingerprint density at radius 2 is 1.80 bits per heavy atom. The molecule has 0 aromatic heterocycles. The first kappa shape index (κ1) is 19.4. The number of morpholine rings is 1. The zero-order valence-electron chi connectivity index (χ0n) is 17.9. The largest absolute Gasteiger partial charge is 0.378 e. The summed E-state index contributed by atoms with van der Waals surface area (Å²) in [6.07, 6.45) is 2.44. The number of benzene rings is 2. The number of carbonyl (C=O) groups is 1. The summed E-state index contributed by atoms with van der Waals surface area (Å²) in [6.45, 7) is 7.38. The average molecular weight is 406 g/mol. The number of hydrogen-bond donors (Lipinski definition) is 1. The van der Waals surface area contributed by atoms with Gasteiger partial charge in [-0.1, -0.05) is 25.1 Å². The van der Waals surface area contributed by atoms with Gasteiger partial charge in [-0.15, -0.1) is 0 Å². The summed E-state index contributed by atoms with van der Waals surface area (Å²) < 4.78 is 5.54. The molecule has 1 N–H and O–H groups in total. The highest BCUT2D eigenvalue weighted by Gasteiger charge is 2.47. The molecule has 158 valence electrons. The molecule has 1 saturated carbocycles. The molecule has 1 amide bonds. The van der Waals surface area contributed by atoms with Crippen LogP contribution in [0.25, 0.3) is 0 Å². The van der Waals surface area contributed by atoms with Gasteiger partial charge in [-0.25, -0.2) is 0 Å². The lowest BCUT2D eigenvalue weighted by Crippen LogP contribution is -2.51. The number of ether oxygens (including phenoxy) is 1. The number of rotatable bonds is 4. The van der Waals surface area contributed by atoms with Crippen LogP contribution in [0.5, 0.6) is 0 Å². The van der Waals surface area contributed by atoms with Gasteiger partial charge in [0.1, 0.15) is 0 Å². The van der Waals surface area contributed by atoms with Crippen LogP contribution in [0.2, 0.25) is 0 Å². The van der Waals surface area contributed by atoms with Crippen molar-refractivity contribution in [1.29, 1.82) is 0 Å². The van der Waals surface area contributed by atoms with Gasteiger partial charge in [-0.2, -0.15) is 0 Å². The maximum Gasteiger partial charge on any atom is 0.224 e. The van der Waals surface area contributed by atoms with Crippen molar-refractivity contribution in [3.8, 4) is 0 Å². The van der Waals surface area contributed by atoms with Crippen molar-refractivity contribution in [1.82, 2.24) is 0 Å². The summed E-state index contributed by atoms with van der Waals surface area (Å²) in [5.74, 6) is 1.09. The fourth-order valence-electron chi connectivity index (χ4n) is 5.29. The van der Waals surface area contributed by atoms with Gasteiger partial charge < -0.3 is 19.9 Å². The van der Waals surface area contributed by atoms with Crippen molar-refractivity contribution in [2.75, 3.05) is 41.4 Å². The first-order valence-electron chi connectivity index (χ1n) is 11.2. The first-order valence-corrected chi connectivity index (χ1v) is 11.2. The quantitative estimate of drug-likeness (QED) is 0.816. The molecular formula is C25H31N3O2. The number of para-hydroxylation sites is 1. The van der Waals surface area contributed by atoms with Crippen LogP contribution in [-0.2, 0) is 9.53 Å². The lowest BCUT2D eigenvalue weighted by Gasteiger charge is -2.46. The standard InChI is InChI=1S/C25H31N3O2/c1-17-24(26-20-6-4-3-5-7-20)22-16-21(27-12-14-30-15-13-27)10-11-23(22)28(18(2)29)25(17)19-8-9-19/h3-7,10-11,16-17,19,24-26H,8-9,12-15H2,1-2H3/t17-,24?,25?/m1/s1. The van der Waals surface area contributed by atoms with Crippen molar-refractivity contribution in [2.24, 2.45) is 11.8 Å². The second kappa shape index (κ2) is 7.95. The molecule has 3 aliphatic rings. The summed E-state index contributed by atoms with van der Waals surface area (Å²) in [6, 6.07) is 17.5. The minimum absolute atomic E-state index is 0.150. The van der Waals surface area contributed by atoms with Gasteiger partial charge in [-0.05, 0) is 49.1 Å². The molecule has 3 atom stereocenters. The third-order valence-corrected chi connectivity index (χ3v) is 6.88. The van der Waals surface area contributed by atoms with Crippen LogP contribution >= 0.6 is 0 Å². The molecular weight excluding hydrogens is 374 g/mol. The van der Waals surface area contributed by atoms with Crippen LogP contribution < -0.4 is 15.1 Å². The normalized spacial score (nSPS) is 26.3. The molecule has 0 radical (unpaired) electrons. The smallest absolute Gasteiger partial charge is 0.224 e. The molecule has 2 heterocycles. The predicted octanol–water partition coefficient (Wildman–Crippen LogP) is 4.46. The molecule has 2 unspecified atom stereocenters. The molecule has 2 aromatic rings. The Balaban J connectivity index is 1.58. The molecule has 2 aromatic carbocycles. The second-order valence-corrected chi connectivity index (χ2v) is 8.91. The van der Waals surface area contributed by atoms with E-state index in [1.54, 1.807) is 6.92 Å². The monoisotopic (exact) mass is 405 g/mol. The van der Waals surface area contributed by atoms with Crippen molar-refractivity contribution >= 4 is 23.0 Å². The first-order chi connectivity index (χ1) is 14.6. The summed E-state index contributed by atoms with van der Waals surface area (Å²) >= 11 is 0. The summed E-state index contributed by atoms with van der Waals surface area (Å²) in [5, 5.41) is 3.81. The number of anilines is 3.